The van der Waals surface area contributed by atoms with Crippen LogP contribution in [0.1, 0.15) is 19.4 Å². The van der Waals surface area contributed by atoms with E-state index in [1.54, 1.807) is 6.92 Å². The van der Waals surface area contributed by atoms with Gasteiger partial charge >= 0.3 is 5.63 Å². The molecule has 1 heterocycles. The summed E-state index contributed by atoms with van der Waals surface area (Å²) in [4.78, 5) is 13.7. The average Bonchev–Trinajstić information content (AvgIpc) is 2.63. The third kappa shape index (κ3) is 9.88. The molecular weight excluding hydrogens is 586 g/mol. The van der Waals surface area contributed by atoms with Crippen LogP contribution in [0.3, 0.4) is 0 Å². The number of anilines is 1. The molecule has 0 aliphatic heterocycles. The second-order valence-electron chi connectivity index (χ2n) is 5.84. The van der Waals surface area contributed by atoms with E-state index in [9.17, 15) is 4.79 Å². The minimum Gasteiger partial charge on any atom is -0.422 e. The third-order valence-corrected chi connectivity index (χ3v) is 70.5. The molecule has 0 radical (unpaired) electrons. The fraction of sp³-hybridized carbons (Fsp3) is 0.357. The highest BCUT2D eigenvalue weighted by atomic mass is 33.3. The Kier molecular flexibility index (Phi) is 16.2. The lowest BCUT2D eigenvalue weighted by Crippen LogP contribution is -2.21. The van der Waals surface area contributed by atoms with E-state index < -0.39 is 0 Å². The number of aryl methyl sites for hydroxylation is 1. The van der Waals surface area contributed by atoms with Crippen LogP contribution in [-0.4, -0.2) is 13.1 Å². The quantitative estimate of drug-likeness (QED) is 0.229. The SMILES string of the molecule is CCN(CC)c1ccc2cc(C)c(=O)oc2c1.PP(P)P(P)P(P(P)P)P(P)P. The van der Waals surface area contributed by atoms with E-state index in [4.69, 9.17) is 4.42 Å². The molecule has 0 aliphatic carbocycles. The molecular formula is C14H31NO2P12. The number of benzene rings is 1. The Labute approximate surface area is 196 Å². The highest BCUT2D eigenvalue weighted by Crippen LogP contribution is 3.16. The lowest BCUT2D eigenvalue weighted by molar-refractivity contribution is 0.555. The summed E-state index contributed by atoms with van der Waals surface area (Å²) in [5.41, 5.74) is 2.14. The minimum absolute atomic E-state index is 0.103. The van der Waals surface area contributed by atoms with E-state index in [2.05, 4.69) is 87.3 Å². The first kappa shape index (κ1) is 30.4. The highest BCUT2D eigenvalue weighted by molar-refractivity contribution is 9.21. The van der Waals surface area contributed by atoms with E-state index in [0.29, 0.717) is 11.1 Å². The van der Waals surface area contributed by atoms with Crippen LogP contribution in [-0.2, 0) is 0 Å². The largest absolute Gasteiger partial charge is 0.422 e. The lowest BCUT2D eigenvalue weighted by atomic mass is 10.1. The summed E-state index contributed by atoms with van der Waals surface area (Å²) >= 11 is 0. The van der Waals surface area contributed by atoms with Crippen molar-refractivity contribution in [3.05, 3.63) is 40.2 Å². The standard InChI is InChI=1S/C14H17NO2.H14P12/c1-4-15(5-2)12-7-6-11-8-10(3)14(16)17-13(11)9-12;1-8(2)11(7)12(9(3)4)10(5)6/h6-9H,4-5H2,1-3H3;1-7H2. The van der Waals surface area contributed by atoms with Crippen LogP contribution in [0.4, 0.5) is 5.69 Å². The molecule has 1 aromatic carbocycles. The molecule has 0 aliphatic rings. The topological polar surface area (TPSA) is 33.5 Å². The Bertz CT molecular complexity index is 818. The first-order chi connectivity index (χ1) is 13.5. The molecule has 0 fully saturated rings. The van der Waals surface area contributed by atoms with Gasteiger partial charge in [-0.25, -0.2) is 4.79 Å². The normalized spacial score (nSPS) is 12.6. The molecule has 0 saturated carbocycles. The molecule has 164 valence electrons. The minimum atomic E-state index is -0.255. The molecule has 2 rings (SSSR count). The van der Waals surface area contributed by atoms with Gasteiger partial charge in [0.05, 0.1) is 0 Å². The summed E-state index contributed by atoms with van der Waals surface area (Å²) in [5.74, 6) is 0. The van der Waals surface area contributed by atoms with Crippen molar-refractivity contribution in [3.8, 4) is 0 Å². The molecule has 1 aromatic heterocycles. The highest BCUT2D eigenvalue weighted by Gasteiger charge is 2.26. The molecule has 0 N–H and O–H groups in total. The summed E-state index contributed by atoms with van der Waals surface area (Å²) in [6.07, 6.45) is 0. The van der Waals surface area contributed by atoms with Crippen molar-refractivity contribution in [3.63, 3.8) is 0 Å². The van der Waals surface area contributed by atoms with Crippen molar-refractivity contribution in [2.45, 2.75) is 20.8 Å². The Morgan fingerprint density at radius 1 is 0.897 bits per heavy atom. The maximum Gasteiger partial charge on any atom is 0.339 e. The van der Waals surface area contributed by atoms with Crippen molar-refractivity contribution in [1.82, 2.24) is 0 Å². The monoisotopic (exact) mass is 617 g/mol. The number of rotatable bonds is 7. The van der Waals surface area contributed by atoms with E-state index >= 15 is 0 Å². The Hall–Kier alpha value is 3.39. The van der Waals surface area contributed by atoms with Crippen molar-refractivity contribution >= 4 is 114 Å². The van der Waals surface area contributed by atoms with Crippen LogP contribution < -0.4 is 10.5 Å². The maximum absolute atomic E-state index is 11.5. The van der Waals surface area contributed by atoms with Gasteiger partial charge < -0.3 is 9.32 Å². The van der Waals surface area contributed by atoms with E-state index in [0.717, 1.165) is 24.2 Å². The second kappa shape index (κ2) is 15.4. The number of hydrogen-bond donors (Lipinski definition) is 0. The maximum atomic E-state index is 11.5. The van der Waals surface area contributed by atoms with Crippen molar-refractivity contribution in [2.24, 2.45) is 0 Å². The Morgan fingerprint density at radius 2 is 1.45 bits per heavy atom. The molecule has 8 unspecified atom stereocenters. The first-order valence-electron chi connectivity index (χ1n) is 8.56. The second-order valence-corrected chi connectivity index (χ2v) is 50.8. The summed E-state index contributed by atoms with van der Waals surface area (Å²) in [6, 6.07) is 7.87. The predicted octanol–water partition coefficient (Wildman–Crippen LogP) is 9.53. The summed E-state index contributed by atoms with van der Waals surface area (Å²) in [5, 5.41) is 0.970. The van der Waals surface area contributed by atoms with Crippen LogP contribution in [0.5, 0.6) is 0 Å². The number of fused-ring (bicyclic) bond motifs is 1. The fourth-order valence-corrected chi connectivity index (χ4v) is 105. The van der Waals surface area contributed by atoms with Gasteiger partial charge in [0.15, 0.2) is 0 Å². The summed E-state index contributed by atoms with van der Waals surface area (Å²) < 4.78 is 5.29. The van der Waals surface area contributed by atoms with Gasteiger partial charge in [-0.2, -0.15) is 0 Å². The zero-order chi connectivity index (χ0) is 22.3. The third-order valence-electron chi connectivity index (χ3n) is 3.86. The Balaban J connectivity index is 0.000000311. The van der Waals surface area contributed by atoms with Crippen molar-refractivity contribution in [1.29, 1.82) is 0 Å². The number of hydrogen-bond acceptors (Lipinski definition) is 3. The average molecular weight is 617 g/mol. The van der Waals surface area contributed by atoms with E-state index in [1.165, 1.54) is 0 Å². The van der Waals surface area contributed by atoms with Gasteiger partial charge in [0.1, 0.15) is 5.58 Å². The van der Waals surface area contributed by atoms with Gasteiger partial charge in [0.25, 0.3) is 0 Å². The molecule has 0 spiro atoms. The summed E-state index contributed by atoms with van der Waals surface area (Å²) in [7, 11) is 21.0. The summed E-state index contributed by atoms with van der Waals surface area (Å²) in [6.45, 7) is 8.57. The molecule has 8 atom stereocenters. The van der Waals surface area contributed by atoms with Crippen LogP contribution in [0.2, 0.25) is 0 Å². The van der Waals surface area contributed by atoms with Gasteiger partial charge in [-0.3, -0.25) is 0 Å². The van der Waals surface area contributed by atoms with Gasteiger partial charge in [0.2, 0.25) is 0 Å². The van der Waals surface area contributed by atoms with Gasteiger partial charge in [-0.1, -0.05) is 0 Å². The van der Waals surface area contributed by atoms with Crippen LogP contribution >= 0.6 is 97.4 Å². The zero-order valence-corrected chi connectivity index (χ0v) is 29.3. The Morgan fingerprint density at radius 3 is 1.86 bits per heavy atom. The van der Waals surface area contributed by atoms with Crippen LogP contribution in [0.15, 0.2) is 33.5 Å². The molecule has 0 amide bonds. The van der Waals surface area contributed by atoms with E-state index in [1.807, 2.05) is 18.2 Å². The van der Waals surface area contributed by atoms with Crippen LogP contribution in [0, 0.1) is 6.92 Å². The van der Waals surface area contributed by atoms with Gasteiger partial charge in [-0.05, 0) is 73.9 Å². The van der Waals surface area contributed by atoms with Gasteiger partial charge in [-0.15, -0.1) is 62.5 Å². The zero-order valence-electron chi connectivity index (χ0n) is 16.8. The molecule has 2 aromatic rings. The smallest absolute Gasteiger partial charge is 0.339 e. The fourth-order valence-electron chi connectivity index (χ4n) is 2.41. The molecule has 15 heteroatoms. The number of nitrogens with zero attached hydrogens (tertiary/aromatic N) is 1. The van der Waals surface area contributed by atoms with Gasteiger partial charge in [0, 0.05) is 35.8 Å². The van der Waals surface area contributed by atoms with Crippen LogP contribution in [0.25, 0.3) is 11.0 Å². The molecule has 0 saturated heterocycles. The first-order valence-corrected chi connectivity index (χ1v) is 29.4. The lowest BCUT2D eigenvalue weighted by Gasteiger charge is -2.32. The molecule has 29 heavy (non-hydrogen) atoms. The predicted molar refractivity (Wildman–Crippen MR) is 173 cm³/mol. The van der Waals surface area contributed by atoms with E-state index in [-0.39, 0.29) is 40.6 Å². The van der Waals surface area contributed by atoms with Crippen molar-refractivity contribution < 1.29 is 4.42 Å². The van der Waals surface area contributed by atoms with Crippen molar-refractivity contribution in [2.75, 3.05) is 18.0 Å². The molecule has 0 bridgehead atoms. The molecule has 3 nitrogen and oxygen atoms in total.